The summed E-state index contributed by atoms with van der Waals surface area (Å²) in [6.07, 6.45) is 0. The van der Waals surface area contributed by atoms with Crippen LogP contribution in [0.5, 0.6) is 11.5 Å². The minimum Gasteiger partial charge on any atom is -0.497 e. The number of halogens is 1. The van der Waals surface area contributed by atoms with Gasteiger partial charge in [0.1, 0.15) is 11.5 Å². The molecular weight excluding hydrogens is 457 g/mol. The van der Waals surface area contributed by atoms with Crippen LogP contribution in [0.25, 0.3) is 0 Å². The SMILES string of the molecule is COc1ccc(NC(=O)c2ccccc2NS(=O)(=O)c2ccc(F)c([N+](=O)[O-])c2)c(OC)c1. The van der Waals surface area contributed by atoms with Gasteiger partial charge in [-0.3, -0.25) is 19.6 Å². The maximum Gasteiger partial charge on any atom is 0.306 e. The van der Waals surface area contributed by atoms with Gasteiger partial charge in [-0.1, -0.05) is 12.1 Å². The molecule has 2 N–H and O–H groups in total. The number of benzene rings is 3. The van der Waals surface area contributed by atoms with Crippen LogP contribution in [0, 0.1) is 15.9 Å². The summed E-state index contributed by atoms with van der Waals surface area (Å²) in [7, 11) is -1.49. The van der Waals surface area contributed by atoms with E-state index >= 15 is 0 Å². The first-order valence-electron chi connectivity index (χ1n) is 9.25. The summed E-state index contributed by atoms with van der Waals surface area (Å²) >= 11 is 0. The Kier molecular flexibility index (Phi) is 6.78. The van der Waals surface area contributed by atoms with E-state index < -0.39 is 37.3 Å². The highest BCUT2D eigenvalue weighted by atomic mass is 32.2. The van der Waals surface area contributed by atoms with Gasteiger partial charge in [-0.05, 0) is 36.4 Å². The van der Waals surface area contributed by atoms with Gasteiger partial charge in [0, 0.05) is 12.1 Å². The van der Waals surface area contributed by atoms with Gasteiger partial charge in [-0.25, -0.2) is 8.42 Å². The number of methoxy groups -OCH3 is 2. The number of anilines is 2. The van der Waals surface area contributed by atoms with Crippen molar-refractivity contribution in [1.82, 2.24) is 0 Å². The smallest absolute Gasteiger partial charge is 0.306 e. The molecule has 0 aliphatic heterocycles. The molecule has 0 saturated carbocycles. The van der Waals surface area contributed by atoms with E-state index in [4.69, 9.17) is 9.47 Å². The van der Waals surface area contributed by atoms with E-state index in [1.807, 2.05) is 0 Å². The van der Waals surface area contributed by atoms with Gasteiger partial charge in [0.25, 0.3) is 15.9 Å². The molecule has 0 aliphatic rings. The van der Waals surface area contributed by atoms with Crippen LogP contribution in [0.2, 0.25) is 0 Å². The lowest BCUT2D eigenvalue weighted by atomic mass is 10.1. The van der Waals surface area contributed by atoms with Crippen molar-refractivity contribution in [3.63, 3.8) is 0 Å². The average molecular weight is 475 g/mol. The fraction of sp³-hybridized carbons (Fsp3) is 0.0952. The van der Waals surface area contributed by atoms with E-state index in [0.717, 1.165) is 6.07 Å². The first-order valence-corrected chi connectivity index (χ1v) is 10.7. The molecule has 0 aliphatic carbocycles. The highest BCUT2D eigenvalue weighted by molar-refractivity contribution is 7.92. The zero-order chi connectivity index (χ0) is 24.2. The zero-order valence-electron chi connectivity index (χ0n) is 17.4. The van der Waals surface area contributed by atoms with Crippen LogP contribution >= 0.6 is 0 Å². The quantitative estimate of drug-likeness (QED) is 0.373. The number of para-hydroxylation sites is 1. The number of ether oxygens (including phenoxy) is 2. The number of nitro benzene ring substituents is 1. The van der Waals surface area contributed by atoms with E-state index in [0.29, 0.717) is 29.3 Å². The third-order valence-electron chi connectivity index (χ3n) is 4.50. The van der Waals surface area contributed by atoms with Gasteiger partial charge in [0.15, 0.2) is 0 Å². The molecule has 0 radical (unpaired) electrons. The van der Waals surface area contributed by atoms with Crippen LogP contribution in [0.1, 0.15) is 10.4 Å². The van der Waals surface area contributed by atoms with Crippen molar-refractivity contribution in [1.29, 1.82) is 0 Å². The predicted octanol–water partition coefficient (Wildman–Crippen LogP) is 3.80. The van der Waals surface area contributed by atoms with Gasteiger partial charge in [-0.2, -0.15) is 4.39 Å². The second-order valence-electron chi connectivity index (χ2n) is 6.54. The number of nitro groups is 1. The molecule has 3 aromatic rings. The lowest BCUT2D eigenvalue weighted by Gasteiger charge is -2.14. The van der Waals surface area contributed by atoms with Crippen molar-refractivity contribution < 1.29 is 32.0 Å². The number of carbonyl (C=O) groups excluding carboxylic acids is 1. The molecular formula is C21H18FN3O7S. The molecule has 0 saturated heterocycles. The second kappa shape index (κ2) is 9.53. The summed E-state index contributed by atoms with van der Waals surface area (Å²) in [4.78, 5) is 22.3. The van der Waals surface area contributed by atoms with Gasteiger partial charge in [0.05, 0.1) is 41.0 Å². The standard InChI is InChI=1S/C21H18FN3O7S/c1-31-13-7-10-18(20(11-13)32-2)23-21(26)15-5-3-4-6-17(15)24-33(29,30)14-8-9-16(22)19(12-14)25(27)28/h3-12,24H,1-2H3,(H,23,26). The maximum atomic E-state index is 13.6. The van der Waals surface area contributed by atoms with Gasteiger partial charge < -0.3 is 14.8 Å². The second-order valence-corrected chi connectivity index (χ2v) is 8.22. The number of sulfonamides is 1. The highest BCUT2D eigenvalue weighted by Crippen LogP contribution is 2.30. The van der Waals surface area contributed by atoms with Crippen molar-refractivity contribution in [3.8, 4) is 11.5 Å². The highest BCUT2D eigenvalue weighted by Gasteiger charge is 2.23. The summed E-state index contributed by atoms with van der Waals surface area (Å²) < 4.78 is 51.7. The third kappa shape index (κ3) is 5.18. The summed E-state index contributed by atoms with van der Waals surface area (Å²) in [6.45, 7) is 0. The van der Waals surface area contributed by atoms with Crippen molar-refractivity contribution in [2.24, 2.45) is 0 Å². The normalized spacial score (nSPS) is 10.9. The summed E-state index contributed by atoms with van der Waals surface area (Å²) in [5.41, 5.74) is -0.796. The molecule has 10 nitrogen and oxygen atoms in total. The van der Waals surface area contributed by atoms with Crippen molar-refractivity contribution >= 4 is 33.0 Å². The molecule has 33 heavy (non-hydrogen) atoms. The predicted molar refractivity (Wildman–Crippen MR) is 118 cm³/mol. The van der Waals surface area contributed by atoms with Gasteiger partial charge in [-0.15, -0.1) is 0 Å². The first kappa shape index (κ1) is 23.5. The zero-order valence-corrected chi connectivity index (χ0v) is 18.2. The topological polar surface area (TPSA) is 137 Å². The Labute approximate surface area is 188 Å². The Morgan fingerprint density at radius 3 is 2.39 bits per heavy atom. The Morgan fingerprint density at radius 1 is 1.00 bits per heavy atom. The number of nitrogens with one attached hydrogen (secondary N) is 2. The molecule has 0 heterocycles. The van der Waals surface area contributed by atoms with Crippen LogP contribution in [-0.4, -0.2) is 33.5 Å². The fourth-order valence-corrected chi connectivity index (χ4v) is 3.96. The van der Waals surface area contributed by atoms with E-state index in [-0.39, 0.29) is 11.3 Å². The average Bonchev–Trinajstić information content (AvgIpc) is 2.79. The van der Waals surface area contributed by atoms with Crippen LogP contribution in [0.15, 0.2) is 65.6 Å². The molecule has 0 spiro atoms. The molecule has 172 valence electrons. The number of nitrogens with zero attached hydrogens (tertiary/aromatic N) is 1. The van der Waals surface area contributed by atoms with Crippen LogP contribution in [0.4, 0.5) is 21.5 Å². The third-order valence-corrected chi connectivity index (χ3v) is 5.86. The molecule has 1 amide bonds. The molecule has 0 unspecified atom stereocenters. The van der Waals surface area contributed by atoms with Crippen LogP contribution in [0.3, 0.4) is 0 Å². The van der Waals surface area contributed by atoms with Gasteiger partial charge >= 0.3 is 5.69 Å². The van der Waals surface area contributed by atoms with E-state index in [1.54, 1.807) is 18.2 Å². The van der Waals surface area contributed by atoms with Gasteiger partial charge in [0.2, 0.25) is 5.82 Å². The maximum absolute atomic E-state index is 13.6. The number of rotatable bonds is 8. The molecule has 12 heteroatoms. The molecule has 0 fully saturated rings. The molecule has 0 bridgehead atoms. The molecule has 0 aromatic heterocycles. The number of amides is 1. The number of carbonyl (C=O) groups is 1. The largest absolute Gasteiger partial charge is 0.497 e. The Bertz CT molecular complexity index is 1330. The summed E-state index contributed by atoms with van der Waals surface area (Å²) in [6, 6.07) is 12.6. The van der Waals surface area contributed by atoms with Crippen molar-refractivity contribution in [2.75, 3.05) is 24.3 Å². The number of hydrogen-bond acceptors (Lipinski definition) is 7. The number of hydrogen-bond donors (Lipinski definition) is 2. The Hall–Kier alpha value is -4.19. The van der Waals surface area contributed by atoms with Crippen molar-refractivity contribution in [2.45, 2.75) is 4.90 Å². The Balaban J connectivity index is 1.92. The molecule has 3 aromatic carbocycles. The van der Waals surface area contributed by atoms with E-state index in [1.165, 1.54) is 38.5 Å². The van der Waals surface area contributed by atoms with Crippen molar-refractivity contribution in [3.05, 3.63) is 82.2 Å². The lowest BCUT2D eigenvalue weighted by molar-refractivity contribution is -0.387. The summed E-state index contributed by atoms with van der Waals surface area (Å²) in [5.74, 6) is -1.00. The Morgan fingerprint density at radius 2 is 1.73 bits per heavy atom. The monoisotopic (exact) mass is 475 g/mol. The lowest BCUT2D eigenvalue weighted by Crippen LogP contribution is -2.19. The van der Waals surface area contributed by atoms with Crippen LogP contribution < -0.4 is 19.5 Å². The van der Waals surface area contributed by atoms with Crippen LogP contribution in [-0.2, 0) is 10.0 Å². The first-order chi connectivity index (χ1) is 15.7. The summed E-state index contributed by atoms with van der Waals surface area (Å²) in [5, 5.41) is 13.6. The minimum atomic E-state index is -4.38. The molecule has 3 rings (SSSR count). The van der Waals surface area contributed by atoms with E-state index in [9.17, 15) is 27.7 Å². The van der Waals surface area contributed by atoms with E-state index in [2.05, 4.69) is 10.0 Å². The molecule has 0 atom stereocenters. The minimum absolute atomic E-state index is 0.0319. The fourth-order valence-electron chi connectivity index (χ4n) is 2.86.